The van der Waals surface area contributed by atoms with E-state index in [2.05, 4.69) is 15.3 Å². The molecular formula is C16H13F3N4S. The van der Waals surface area contributed by atoms with E-state index in [9.17, 15) is 13.2 Å². The van der Waals surface area contributed by atoms with Crippen LogP contribution in [-0.2, 0) is 6.54 Å². The summed E-state index contributed by atoms with van der Waals surface area (Å²) in [5.41, 5.74) is -2.55. The SMILES string of the molecule is FC(F)(F)Sc1ccc(CNc2ccc(-n3ccnc3)nc2)cc1. The Bertz CT molecular complexity index is 769. The van der Waals surface area contributed by atoms with Crippen molar-refractivity contribution in [1.29, 1.82) is 0 Å². The summed E-state index contributed by atoms with van der Waals surface area (Å²) in [6.45, 7) is 0.503. The molecule has 3 aromatic rings. The van der Waals surface area contributed by atoms with E-state index >= 15 is 0 Å². The van der Waals surface area contributed by atoms with E-state index in [1.165, 1.54) is 12.1 Å². The average Bonchev–Trinajstić information content (AvgIpc) is 3.08. The highest BCUT2D eigenvalue weighted by Gasteiger charge is 2.28. The largest absolute Gasteiger partial charge is 0.446 e. The van der Waals surface area contributed by atoms with Gasteiger partial charge in [0, 0.05) is 23.8 Å². The van der Waals surface area contributed by atoms with Gasteiger partial charge < -0.3 is 5.32 Å². The van der Waals surface area contributed by atoms with Crippen molar-refractivity contribution in [2.75, 3.05) is 5.32 Å². The van der Waals surface area contributed by atoms with Gasteiger partial charge >= 0.3 is 5.51 Å². The summed E-state index contributed by atoms with van der Waals surface area (Å²) in [5, 5.41) is 3.18. The van der Waals surface area contributed by atoms with Crippen LogP contribution in [0.3, 0.4) is 0 Å². The van der Waals surface area contributed by atoms with Crippen LogP contribution in [0, 0.1) is 0 Å². The number of alkyl halides is 3. The monoisotopic (exact) mass is 350 g/mol. The molecule has 1 N–H and O–H groups in total. The van der Waals surface area contributed by atoms with Gasteiger partial charge in [-0.25, -0.2) is 9.97 Å². The van der Waals surface area contributed by atoms with Gasteiger partial charge in [0.2, 0.25) is 0 Å². The van der Waals surface area contributed by atoms with Crippen LogP contribution >= 0.6 is 11.8 Å². The summed E-state index contributed by atoms with van der Waals surface area (Å²) >= 11 is -0.114. The minimum Gasteiger partial charge on any atom is -0.380 e. The van der Waals surface area contributed by atoms with Crippen LogP contribution in [0.4, 0.5) is 18.9 Å². The molecule has 0 atom stereocenters. The van der Waals surface area contributed by atoms with Crippen LogP contribution in [0.1, 0.15) is 5.56 Å². The number of hydrogen-bond donors (Lipinski definition) is 1. The smallest absolute Gasteiger partial charge is 0.380 e. The van der Waals surface area contributed by atoms with Gasteiger partial charge in [0.1, 0.15) is 12.1 Å². The molecule has 24 heavy (non-hydrogen) atoms. The minimum absolute atomic E-state index is 0.114. The van der Waals surface area contributed by atoms with Crippen LogP contribution in [0.15, 0.2) is 66.2 Å². The second kappa shape index (κ2) is 6.96. The van der Waals surface area contributed by atoms with Gasteiger partial charge in [-0.3, -0.25) is 4.57 Å². The highest BCUT2D eigenvalue weighted by molar-refractivity contribution is 8.00. The van der Waals surface area contributed by atoms with Gasteiger partial charge in [-0.1, -0.05) is 12.1 Å². The van der Waals surface area contributed by atoms with E-state index in [0.29, 0.717) is 6.54 Å². The lowest BCUT2D eigenvalue weighted by molar-refractivity contribution is -0.0328. The summed E-state index contributed by atoms with van der Waals surface area (Å²) in [6.07, 6.45) is 6.84. The maximum absolute atomic E-state index is 12.3. The number of benzene rings is 1. The van der Waals surface area contributed by atoms with Crippen LogP contribution in [0.25, 0.3) is 5.82 Å². The number of anilines is 1. The summed E-state index contributed by atoms with van der Waals surface area (Å²) in [4.78, 5) is 8.46. The fraction of sp³-hybridized carbons (Fsp3) is 0.125. The molecule has 0 aliphatic heterocycles. The number of thioether (sulfide) groups is 1. The zero-order chi connectivity index (χ0) is 17.0. The maximum atomic E-state index is 12.3. The molecule has 3 rings (SSSR count). The third-order valence-corrected chi connectivity index (χ3v) is 3.91. The minimum atomic E-state index is -4.26. The van der Waals surface area contributed by atoms with Crippen LogP contribution in [0.2, 0.25) is 0 Å². The third kappa shape index (κ3) is 4.51. The molecule has 124 valence electrons. The zero-order valence-electron chi connectivity index (χ0n) is 12.4. The molecule has 0 aliphatic rings. The van der Waals surface area contributed by atoms with E-state index in [0.717, 1.165) is 17.1 Å². The number of nitrogens with zero attached hydrogens (tertiary/aromatic N) is 3. The summed E-state index contributed by atoms with van der Waals surface area (Å²) < 4.78 is 38.6. The second-order valence-electron chi connectivity index (χ2n) is 4.92. The van der Waals surface area contributed by atoms with Gasteiger partial charge in [0.25, 0.3) is 0 Å². The number of nitrogens with one attached hydrogen (secondary N) is 1. The van der Waals surface area contributed by atoms with E-state index in [-0.39, 0.29) is 16.7 Å². The highest BCUT2D eigenvalue weighted by Crippen LogP contribution is 2.36. The fourth-order valence-corrected chi connectivity index (χ4v) is 2.59. The summed E-state index contributed by atoms with van der Waals surface area (Å²) in [7, 11) is 0. The van der Waals surface area contributed by atoms with Crippen LogP contribution < -0.4 is 5.32 Å². The zero-order valence-corrected chi connectivity index (χ0v) is 13.2. The predicted molar refractivity (Wildman–Crippen MR) is 87.0 cm³/mol. The summed E-state index contributed by atoms with van der Waals surface area (Å²) in [5.74, 6) is 0.756. The first-order chi connectivity index (χ1) is 11.5. The van der Waals surface area contributed by atoms with Crippen molar-refractivity contribution < 1.29 is 13.2 Å². The van der Waals surface area contributed by atoms with Crippen molar-refractivity contribution >= 4 is 17.4 Å². The quantitative estimate of drug-likeness (QED) is 0.689. The Labute approximate surface area is 140 Å². The van der Waals surface area contributed by atoms with Crippen LogP contribution in [0.5, 0.6) is 0 Å². The molecule has 0 bridgehead atoms. The number of halogens is 3. The maximum Gasteiger partial charge on any atom is 0.446 e. The fourth-order valence-electron chi connectivity index (χ4n) is 2.05. The van der Waals surface area contributed by atoms with E-state index < -0.39 is 5.51 Å². The van der Waals surface area contributed by atoms with Gasteiger partial charge in [0.05, 0.1) is 11.9 Å². The molecule has 4 nitrogen and oxygen atoms in total. The highest BCUT2D eigenvalue weighted by atomic mass is 32.2. The number of aromatic nitrogens is 3. The molecule has 0 fully saturated rings. The van der Waals surface area contributed by atoms with Crippen molar-refractivity contribution in [3.8, 4) is 5.82 Å². The lowest BCUT2D eigenvalue weighted by Gasteiger charge is -2.09. The van der Waals surface area contributed by atoms with Gasteiger partial charge in [0.15, 0.2) is 0 Å². The first kappa shape index (κ1) is 16.4. The molecule has 0 spiro atoms. The summed E-state index contributed by atoms with van der Waals surface area (Å²) in [6, 6.07) is 10.0. The molecular weight excluding hydrogens is 337 g/mol. The van der Waals surface area contributed by atoms with E-state index in [1.54, 1.807) is 41.6 Å². The molecule has 0 amide bonds. The Balaban J connectivity index is 1.57. The molecule has 0 saturated heterocycles. The van der Waals surface area contributed by atoms with E-state index in [1.807, 2.05) is 12.1 Å². The normalized spacial score (nSPS) is 11.5. The average molecular weight is 350 g/mol. The lowest BCUT2D eigenvalue weighted by atomic mass is 10.2. The Morgan fingerprint density at radius 3 is 2.46 bits per heavy atom. The molecule has 1 aromatic carbocycles. The molecule has 2 heterocycles. The van der Waals surface area contributed by atoms with Crippen molar-refractivity contribution in [1.82, 2.24) is 14.5 Å². The van der Waals surface area contributed by atoms with Gasteiger partial charge in [-0.05, 0) is 41.6 Å². The predicted octanol–water partition coefficient (Wildman–Crippen LogP) is 4.49. The molecule has 0 aliphatic carbocycles. The Morgan fingerprint density at radius 1 is 1.08 bits per heavy atom. The number of hydrogen-bond acceptors (Lipinski definition) is 4. The topological polar surface area (TPSA) is 42.7 Å². The molecule has 0 unspecified atom stereocenters. The van der Waals surface area contributed by atoms with Crippen molar-refractivity contribution in [3.05, 3.63) is 66.9 Å². The van der Waals surface area contributed by atoms with E-state index in [4.69, 9.17) is 0 Å². The standard InChI is InChI=1S/C16H13F3N4S/c17-16(18,19)24-14-4-1-12(2-5-14)9-21-13-3-6-15(22-10-13)23-8-7-20-11-23/h1-8,10-11,21H,9H2. The number of rotatable bonds is 5. The molecule has 2 aromatic heterocycles. The number of imidazole rings is 1. The Kier molecular flexibility index (Phi) is 4.75. The van der Waals surface area contributed by atoms with Crippen molar-refractivity contribution in [2.45, 2.75) is 16.9 Å². The van der Waals surface area contributed by atoms with Gasteiger partial charge in [-0.2, -0.15) is 13.2 Å². The molecule has 0 radical (unpaired) electrons. The van der Waals surface area contributed by atoms with Gasteiger partial charge in [-0.15, -0.1) is 0 Å². The Morgan fingerprint density at radius 2 is 1.88 bits per heavy atom. The van der Waals surface area contributed by atoms with Crippen molar-refractivity contribution in [2.24, 2.45) is 0 Å². The van der Waals surface area contributed by atoms with Crippen molar-refractivity contribution in [3.63, 3.8) is 0 Å². The third-order valence-electron chi connectivity index (χ3n) is 3.17. The lowest BCUT2D eigenvalue weighted by Crippen LogP contribution is -2.02. The Hall–Kier alpha value is -2.48. The first-order valence-electron chi connectivity index (χ1n) is 7.02. The second-order valence-corrected chi connectivity index (χ2v) is 6.06. The molecule has 8 heteroatoms. The molecule has 0 saturated carbocycles. The van der Waals surface area contributed by atoms with Crippen LogP contribution in [-0.4, -0.2) is 20.0 Å². The number of pyridine rings is 1. The first-order valence-corrected chi connectivity index (χ1v) is 7.84.